The van der Waals surface area contributed by atoms with Gasteiger partial charge in [-0.1, -0.05) is 57.8 Å². The molecule has 1 heterocycles. The van der Waals surface area contributed by atoms with Gasteiger partial charge in [-0.05, 0) is 12.8 Å². The van der Waals surface area contributed by atoms with Gasteiger partial charge in [0.15, 0.2) is 0 Å². The Morgan fingerprint density at radius 1 is 0.900 bits per heavy atom. The summed E-state index contributed by atoms with van der Waals surface area (Å²) in [6.45, 7) is -0.0622. The van der Waals surface area contributed by atoms with Crippen molar-refractivity contribution >= 4 is 7.85 Å². The molecule has 2 fully saturated rings. The van der Waals surface area contributed by atoms with Gasteiger partial charge in [0.1, 0.15) is 14.0 Å². The molecule has 4 heteroatoms. The first-order valence-corrected chi connectivity index (χ1v) is 8.65. The fourth-order valence-corrected chi connectivity index (χ4v) is 4.20. The van der Waals surface area contributed by atoms with Gasteiger partial charge in [-0.25, -0.2) is 0 Å². The van der Waals surface area contributed by atoms with E-state index in [0.717, 1.165) is 12.8 Å². The monoisotopic (exact) mass is 282 g/mol. The highest BCUT2D eigenvalue weighted by molar-refractivity contribution is 6.11. The lowest BCUT2D eigenvalue weighted by Crippen LogP contribution is -2.42. The van der Waals surface area contributed by atoms with Gasteiger partial charge in [0.25, 0.3) is 0 Å². The van der Waals surface area contributed by atoms with E-state index in [2.05, 4.69) is 7.85 Å². The van der Waals surface area contributed by atoms with Crippen LogP contribution in [0.4, 0.5) is 0 Å². The molecule has 0 aromatic carbocycles. The molecule has 0 bridgehead atoms. The molecule has 2 rings (SSSR count). The van der Waals surface area contributed by atoms with Crippen LogP contribution in [0.1, 0.15) is 70.6 Å². The highest BCUT2D eigenvalue weighted by atomic mass is 16.5. The van der Waals surface area contributed by atoms with Crippen LogP contribution < -0.4 is 0 Å². The van der Waals surface area contributed by atoms with Gasteiger partial charge < -0.3 is 14.9 Å². The van der Waals surface area contributed by atoms with Crippen LogP contribution in [0.3, 0.4) is 0 Å². The van der Waals surface area contributed by atoms with Crippen LogP contribution in [0, 0.1) is 5.41 Å². The van der Waals surface area contributed by atoms with Crippen molar-refractivity contribution in [3.63, 3.8) is 0 Å². The number of ether oxygens (including phenoxy) is 1. The number of hydrogen-bond acceptors (Lipinski definition) is 3. The molecular weight excluding hydrogens is 251 g/mol. The minimum absolute atomic E-state index is 0.0622. The van der Waals surface area contributed by atoms with Crippen molar-refractivity contribution in [1.29, 1.82) is 0 Å². The Morgan fingerprint density at radius 3 is 1.75 bits per heavy atom. The van der Waals surface area contributed by atoms with Crippen LogP contribution in [-0.2, 0) is 4.74 Å². The molecule has 3 nitrogen and oxygen atoms in total. The number of aliphatic hydroxyl groups excluding tert-OH is 2. The van der Waals surface area contributed by atoms with E-state index in [-0.39, 0.29) is 24.1 Å². The molecule has 3 unspecified atom stereocenters. The molecule has 2 N–H and O–H groups in total. The number of hydrogen-bond donors (Lipinski definition) is 2. The Bertz CT molecular complexity index is 273. The second-order valence-electron chi connectivity index (χ2n) is 6.86. The SMILES string of the molecule is BC1OC(CO)C(O)C12CCCCCCCCCCC2. The second-order valence-corrected chi connectivity index (χ2v) is 6.86. The maximum atomic E-state index is 10.7. The predicted molar refractivity (Wildman–Crippen MR) is 83.5 cm³/mol. The third kappa shape index (κ3) is 3.58. The van der Waals surface area contributed by atoms with Crippen molar-refractivity contribution in [1.82, 2.24) is 0 Å². The van der Waals surface area contributed by atoms with Crippen molar-refractivity contribution < 1.29 is 14.9 Å². The standard InChI is InChI=1S/C16H31BO3/c17-15-16(14(19)13(12-18)20-15)10-8-6-4-2-1-3-5-7-9-11-16/h13-15,18-19H,1-12,17H2. The zero-order chi connectivity index (χ0) is 14.4. The van der Waals surface area contributed by atoms with Crippen molar-refractivity contribution in [3.05, 3.63) is 0 Å². The number of rotatable bonds is 1. The minimum atomic E-state index is -0.495. The normalized spacial score (nSPS) is 36.4. The summed E-state index contributed by atoms with van der Waals surface area (Å²) in [6, 6.07) is 0.0672. The van der Waals surface area contributed by atoms with Gasteiger partial charge in [0.05, 0.1) is 12.7 Å². The van der Waals surface area contributed by atoms with Gasteiger partial charge in [-0.2, -0.15) is 0 Å². The van der Waals surface area contributed by atoms with Crippen LogP contribution in [0.5, 0.6) is 0 Å². The molecule has 1 aliphatic heterocycles. The third-order valence-electron chi connectivity index (χ3n) is 5.59. The lowest BCUT2D eigenvalue weighted by Gasteiger charge is -2.36. The Balaban J connectivity index is 2.03. The van der Waals surface area contributed by atoms with E-state index in [9.17, 15) is 10.2 Å². The van der Waals surface area contributed by atoms with Crippen LogP contribution >= 0.6 is 0 Å². The summed E-state index contributed by atoms with van der Waals surface area (Å²) in [5.74, 6) is 0. The van der Waals surface area contributed by atoms with Crippen LogP contribution in [0.2, 0.25) is 0 Å². The fraction of sp³-hybridized carbons (Fsp3) is 1.00. The van der Waals surface area contributed by atoms with E-state index in [4.69, 9.17) is 4.74 Å². The molecule has 0 aromatic rings. The molecule has 2 aliphatic rings. The third-order valence-corrected chi connectivity index (χ3v) is 5.59. The van der Waals surface area contributed by atoms with Gasteiger partial charge in [-0.3, -0.25) is 0 Å². The Kier molecular flexibility index (Phi) is 6.37. The van der Waals surface area contributed by atoms with Crippen LogP contribution in [0.15, 0.2) is 0 Å². The largest absolute Gasteiger partial charge is 0.394 e. The first-order valence-electron chi connectivity index (χ1n) is 8.65. The molecule has 3 atom stereocenters. The summed E-state index contributed by atoms with van der Waals surface area (Å²) in [7, 11) is 2.09. The molecule has 0 amide bonds. The average molecular weight is 282 g/mol. The first-order chi connectivity index (χ1) is 9.70. The molecule has 1 spiro atoms. The summed E-state index contributed by atoms with van der Waals surface area (Å²) in [5.41, 5.74) is -0.118. The van der Waals surface area contributed by atoms with Gasteiger partial charge in [0.2, 0.25) is 0 Å². The molecule has 116 valence electrons. The molecule has 1 saturated carbocycles. The van der Waals surface area contributed by atoms with Crippen molar-refractivity contribution in [3.8, 4) is 0 Å². The summed E-state index contributed by atoms with van der Waals surface area (Å²) in [5, 5.41) is 20.0. The Hall–Kier alpha value is -0.0551. The quantitative estimate of drug-likeness (QED) is 0.723. The van der Waals surface area contributed by atoms with Crippen molar-refractivity contribution in [2.24, 2.45) is 5.41 Å². The van der Waals surface area contributed by atoms with E-state index in [0.29, 0.717) is 0 Å². The van der Waals surface area contributed by atoms with E-state index < -0.39 is 6.10 Å². The second kappa shape index (κ2) is 7.81. The smallest absolute Gasteiger partial charge is 0.140 e. The highest BCUT2D eigenvalue weighted by Crippen LogP contribution is 2.46. The van der Waals surface area contributed by atoms with Crippen molar-refractivity contribution in [2.45, 2.75) is 88.8 Å². The summed E-state index contributed by atoms with van der Waals surface area (Å²) >= 11 is 0. The van der Waals surface area contributed by atoms with E-state index in [1.165, 1.54) is 57.8 Å². The lowest BCUT2D eigenvalue weighted by atomic mass is 9.64. The fourth-order valence-electron chi connectivity index (χ4n) is 4.20. The van der Waals surface area contributed by atoms with Gasteiger partial charge in [0, 0.05) is 11.4 Å². The average Bonchev–Trinajstić information content (AvgIpc) is 2.67. The van der Waals surface area contributed by atoms with E-state index in [1.54, 1.807) is 0 Å². The molecule has 0 aromatic heterocycles. The molecule has 20 heavy (non-hydrogen) atoms. The summed E-state index contributed by atoms with van der Waals surface area (Å²) in [6.07, 6.45) is 12.9. The zero-order valence-corrected chi connectivity index (χ0v) is 13.0. The van der Waals surface area contributed by atoms with E-state index >= 15 is 0 Å². The molecule has 1 saturated heterocycles. The van der Waals surface area contributed by atoms with E-state index in [1.807, 2.05) is 0 Å². The lowest BCUT2D eigenvalue weighted by molar-refractivity contribution is -0.0111. The first kappa shape index (κ1) is 16.3. The Labute approximate surface area is 124 Å². The highest BCUT2D eigenvalue weighted by Gasteiger charge is 2.52. The maximum Gasteiger partial charge on any atom is 0.140 e. The Morgan fingerprint density at radius 2 is 1.35 bits per heavy atom. The van der Waals surface area contributed by atoms with Crippen molar-refractivity contribution in [2.75, 3.05) is 6.61 Å². The topological polar surface area (TPSA) is 49.7 Å². The van der Waals surface area contributed by atoms with Gasteiger partial charge in [-0.15, -0.1) is 0 Å². The van der Waals surface area contributed by atoms with Crippen LogP contribution in [0.25, 0.3) is 0 Å². The minimum Gasteiger partial charge on any atom is -0.394 e. The molecule has 0 radical (unpaired) electrons. The summed E-state index contributed by atoms with van der Waals surface area (Å²) in [4.78, 5) is 0. The summed E-state index contributed by atoms with van der Waals surface area (Å²) < 4.78 is 5.84. The predicted octanol–water partition coefficient (Wildman–Crippen LogP) is 1.99. The maximum absolute atomic E-state index is 10.7. The molecule has 1 aliphatic carbocycles. The van der Waals surface area contributed by atoms with Crippen LogP contribution in [-0.4, -0.2) is 42.9 Å². The molecular formula is C16H31BO3. The van der Waals surface area contributed by atoms with Gasteiger partial charge >= 0.3 is 0 Å². The number of aliphatic hydroxyl groups is 2. The zero-order valence-electron chi connectivity index (χ0n) is 13.0.